The first-order chi connectivity index (χ1) is 8.34. The van der Waals surface area contributed by atoms with Gasteiger partial charge in [-0.25, -0.2) is 0 Å². The maximum absolute atomic E-state index is 12.6. The largest absolute Gasteiger partial charge is 0.339 e. The van der Waals surface area contributed by atoms with E-state index in [2.05, 4.69) is 4.90 Å². The molecule has 2 nitrogen and oxygen atoms in total. The van der Waals surface area contributed by atoms with E-state index in [0.29, 0.717) is 17.9 Å². The van der Waals surface area contributed by atoms with Gasteiger partial charge in [0.05, 0.1) is 0 Å². The third-order valence-electron chi connectivity index (χ3n) is 6.08. The second-order valence-electron chi connectivity index (χ2n) is 6.81. The zero-order valence-electron chi connectivity index (χ0n) is 10.6. The Hall–Kier alpha value is -0.530. The van der Waals surface area contributed by atoms with Gasteiger partial charge in [-0.1, -0.05) is 19.3 Å². The molecule has 1 heterocycles. The van der Waals surface area contributed by atoms with Gasteiger partial charge in [0.25, 0.3) is 0 Å². The van der Waals surface area contributed by atoms with Crippen LogP contribution in [0.5, 0.6) is 0 Å². The maximum Gasteiger partial charge on any atom is 0.226 e. The van der Waals surface area contributed by atoms with Crippen LogP contribution >= 0.6 is 0 Å². The zero-order chi connectivity index (χ0) is 11.4. The normalized spacial score (nSPS) is 45.6. The van der Waals surface area contributed by atoms with Crippen LogP contribution in [0.15, 0.2) is 0 Å². The van der Waals surface area contributed by atoms with Crippen LogP contribution in [-0.4, -0.2) is 23.4 Å². The topological polar surface area (TPSA) is 20.3 Å². The van der Waals surface area contributed by atoms with Crippen LogP contribution in [0.4, 0.5) is 0 Å². The van der Waals surface area contributed by atoms with Crippen LogP contribution in [-0.2, 0) is 4.79 Å². The fraction of sp³-hybridized carbons (Fsp3) is 0.933. The summed E-state index contributed by atoms with van der Waals surface area (Å²) in [6.45, 7) is 1.12. The summed E-state index contributed by atoms with van der Waals surface area (Å²) in [7, 11) is 0. The zero-order valence-corrected chi connectivity index (χ0v) is 10.6. The van der Waals surface area contributed by atoms with Gasteiger partial charge in [0.1, 0.15) is 0 Å². The van der Waals surface area contributed by atoms with Gasteiger partial charge in [-0.3, -0.25) is 4.79 Å². The molecule has 0 radical (unpaired) electrons. The Labute approximate surface area is 104 Å². The van der Waals surface area contributed by atoms with E-state index >= 15 is 0 Å². The Morgan fingerprint density at radius 2 is 1.71 bits per heavy atom. The molecule has 0 aromatic heterocycles. The summed E-state index contributed by atoms with van der Waals surface area (Å²) in [4.78, 5) is 14.9. The minimum Gasteiger partial charge on any atom is -0.339 e. The molecule has 3 saturated carbocycles. The summed E-state index contributed by atoms with van der Waals surface area (Å²) < 4.78 is 0. The summed E-state index contributed by atoms with van der Waals surface area (Å²) in [5.74, 6) is 3.43. The van der Waals surface area contributed by atoms with Crippen molar-refractivity contribution in [3.63, 3.8) is 0 Å². The van der Waals surface area contributed by atoms with Crippen LogP contribution < -0.4 is 0 Å². The van der Waals surface area contributed by atoms with E-state index in [1.165, 1.54) is 51.4 Å². The lowest BCUT2D eigenvalue weighted by Crippen LogP contribution is -2.39. The molecule has 4 aliphatic rings. The van der Waals surface area contributed by atoms with Gasteiger partial charge in [0.2, 0.25) is 5.91 Å². The van der Waals surface area contributed by atoms with E-state index in [9.17, 15) is 4.79 Å². The molecule has 4 atom stereocenters. The van der Waals surface area contributed by atoms with Crippen LogP contribution in [0.1, 0.15) is 51.4 Å². The fourth-order valence-corrected chi connectivity index (χ4v) is 5.29. The first-order valence-electron chi connectivity index (χ1n) is 7.65. The molecule has 2 heteroatoms. The minimum absolute atomic E-state index is 0.454. The van der Waals surface area contributed by atoms with Crippen LogP contribution in [0.25, 0.3) is 0 Å². The minimum atomic E-state index is 0.454. The summed E-state index contributed by atoms with van der Waals surface area (Å²) >= 11 is 0. The number of hydrogen-bond donors (Lipinski definition) is 0. The number of likely N-dealkylation sites (tertiary alicyclic amines) is 1. The lowest BCUT2D eigenvalue weighted by molar-refractivity contribution is -0.134. The van der Waals surface area contributed by atoms with Crippen molar-refractivity contribution in [1.82, 2.24) is 4.90 Å². The fourth-order valence-electron chi connectivity index (χ4n) is 5.29. The summed E-state index contributed by atoms with van der Waals surface area (Å²) in [6.07, 6.45) is 10.8. The molecule has 17 heavy (non-hydrogen) atoms. The predicted octanol–water partition coefficient (Wildman–Crippen LogP) is 2.82. The Morgan fingerprint density at radius 1 is 0.941 bits per heavy atom. The third-order valence-corrected chi connectivity index (χ3v) is 6.08. The smallest absolute Gasteiger partial charge is 0.226 e. The molecule has 4 rings (SSSR count). The number of carbonyl (C=O) groups is 1. The van der Waals surface area contributed by atoms with Crippen molar-refractivity contribution in [3.8, 4) is 0 Å². The predicted molar refractivity (Wildman–Crippen MR) is 66.4 cm³/mol. The van der Waals surface area contributed by atoms with E-state index in [-0.39, 0.29) is 0 Å². The number of nitrogens with zero attached hydrogens (tertiary/aromatic N) is 1. The van der Waals surface area contributed by atoms with Gasteiger partial charge in [0, 0.05) is 18.5 Å². The lowest BCUT2D eigenvalue weighted by Gasteiger charge is -2.32. The van der Waals surface area contributed by atoms with Gasteiger partial charge >= 0.3 is 0 Å². The highest BCUT2D eigenvalue weighted by molar-refractivity contribution is 5.82. The highest BCUT2D eigenvalue weighted by atomic mass is 16.2. The monoisotopic (exact) mass is 233 g/mol. The van der Waals surface area contributed by atoms with E-state index in [1.54, 1.807) is 0 Å². The van der Waals surface area contributed by atoms with Gasteiger partial charge < -0.3 is 4.90 Å². The van der Waals surface area contributed by atoms with Crippen molar-refractivity contribution in [2.45, 2.75) is 57.4 Å². The average molecular weight is 233 g/mol. The molecule has 0 spiro atoms. The molecule has 4 unspecified atom stereocenters. The van der Waals surface area contributed by atoms with E-state index in [1.807, 2.05) is 0 Å². The summed E-state index contributed by atoms with van der Waals surface area (Å²) in [6, 6.07) is 0.612. The molecule has 1 aliphatic heterocycles. The summed E-state index contributed by atoms with van der Waals surface area (Å²) in [5, 5.41) is 0. The molecule has 1 saturated heterocycles. The molecular formula is C15H23NO. The Bertz CT molecular complexity index is 334. The van der Waals surface area contributed by atoms with Crippen LogP contribution in [0.3, 0.4) is 0 Å². The third kappa shape index (κ3) is 1.42. The highest BCUT2D eigenvalue weighted by Gasteiger charge is 2.56. The quantitative estimate of drug-likeness (QED) is 0.682. The van der Waals surface area contributed by atoms with Gasteiger partial charge in [-0.2, -0.15) is 0 Å². The molecule has 94 valence electrons. The second-order valence-corrected chi connectivity index (χ2v) is 6.81. The Kier molecular flexibility index (Phi) is 2.28. The van der Waals surface area contributed by atoms with Crippen molar-refractivity contribution in [1.29, 1.82) is 0 Å². The number of rotatable bonds is 1. The first kappa shape index (κ1) is 10.4. The van der Waals surface area contributed by atoms with Crippen LogP contribution in [0.2, 0.25) is 0 Å². The van der Waals surface area contributed by atoms with Gasteiger partial charge in [0.15, 0.2) is 0 Å². The molecule has 0 aromatic carbocycles. The molecule has 0 N–H and O–H groups in total. The molecular weight excluding hydrogens is 210 g/mol. The standard InChI is InChI=1S/C15H23NO/c17-15-14-11-7-6-10(8-11)13(14)9-16(15)12-4-2-1-3-5-12/h10-14H,1-9H2. The van der Waals surface area contributed by atoms with Crippen molar-refractivity contribution < 1.29 is 4.79 Å². The van der Waals surface area contributed by atoms with Crippen molar-refractivity contribution in [2.75, 3.05) is 6.54 Å². The van der Waals surface area contributed by atoms with Crippen LogP contribution in [0, 0.1) is 23.7 Å². The van der Waals surface area contributed by atoms with Gasteiger partial charge in [-0.05, 0) is 49.9 Å². The average Bonchev–Trinajstić information content (AvgIpc) is 3.03. The van der Waals surface area contributed by atoms with E-state index in [4.69, 9.17) is 0 Å². The summed E-state index contributed by atoms with van der Waals surface area (Å²) in [5.41, 5.74) is 0. The molecule has 3 aliphatic carbocycles. The second kappa shape index (κ2) is 3.73. The van der Waals surface area contributed by atoms with Crippen molar-refractivity contribution in [3.05, 3.63) is 0 Å². The van der Waals surface area contributed by atoms with Gasteiger partial charge in [-0.15, -0.1) is 0 Å². The van der Waals surface area contributed by atoms with Crippen molar-refractivity contribution in [2.24, 2.45) is 23.7 Å². The Balaban J connectivity index is 1.54. The number of hydrogen-bond acceptors (Lipinski definition) is 1. The van der Waals surface area contributed by atoms with Crippen molar-refractivity contribution >= 4 is 5.91 Å². The molecule has 0 aromatic rings. The molecule has 1 amide bonds. The molecule has 2 bridgehead atoms. The Morgan fingerprint density at radius 3 is 2.47 bits per heavy atom. The maximum atomic E-state index is 12.6. The number of amides is 1. The molecule has 4 fully saturated rings. The number of fused-ring (bicyclic) bond motifs is 5. The SMILES string of the molecule is O=C1C2C3CCC(C3)C2CN1C1CCCCC1. The lowest BCUT2D eigenvalue weighted by atomic mass is 9.81. The number of carbonyl (C=O) groups excluding carboxylic acids is 1. The van der Waals surface area contributed by atoms with E-state index < -0.39 is 0 Å². The highest BCUT2D eigenvalue weighted by Crippen LogP contribution is 2.56. The first-order valence-corrected chi connectivity index (χ1v) is 7.65. The van der Waals surface area contributed by atoms with E-state index in [0.717, 1.165) is 24.3 Å².